The Morgan fingerprint density at radius 3 is 1.91 bits per heavy atom. The Balaban J connectivity index is 0. The van der Waals surface area contributed by atoms with Gasteiger partial charge < -0.3 is 0 Å². The third kappa shape index (κ3) is 10.7. The molecule has 0 atom stereocenters. The van der Waals surface area contributed by atoms with E-state index in [0.29, 0.717) is 23.0 Å². The molecule has 2 aromatic carbocycles. The molecule has 0 fully saturated rings. The molecule has 0 aliphatic carbocycles. The molecule has 10 nitrogen and oxygen atoms in total. The van der Waals surface area contributed by atoms with E-state index in [1.165, 1.54) is 19.1 Å². The van der Waals surface area contributed by atoms with Crippen molar-refractivity contribution in [2.75, 3.05) is 10.6 Å². The van der Waals surface area contributed by atoms with E-state index in [-0.39, 0.29) is 96.5 Å². The number of nitrogens with zero attached hydrogens (tertiary/aromatic N) is 5. The molecular formula is C19H19B2IN8O2VW2-2. The Labute approximate surface area is 262 Å². The average Bonchev–Trinajstić information content (AvgIpc) is 3.41. The number of rotatable bonds is 4. The summed E-state index contributed by atoms with van der Waals surface area (Å²) < 4.78 is 1.50. The first-order chi connectivity index (χ1) is 15.0. The zero-order valence-corrected chi connectivity index (χ0v) is 28.4. The van der Waals surface area contributed by atoms with Crippen LogP contribution in [0.1, 0.15) is 31.8 Å². The van der Waals surface area contributed by atoms with Gasteiger partial charge in [-0.1, -0.05) is 0 Å². The zero-order chi connectivity index (χ0) is 22.2. The van der Waals surface area contributed by atoms with Gasteiger partial charge in [-0.3, -0.25) is 0 Å². The molecule has 179 valence electrons. The number of aryl methyl sites for hydroxylation is 3. The molecule has 0 bridgehead atoms. The number of hydrogen-bond donors (Lipinski definition) is 3. The molecule has 3 N–H and O–H groups in total. The molecule has 2 heterocycles. The van der Waals surface area contributed by atoms with Crippen LogP contribution < -0.4 is 10.6 Å². The third-order valence-corrected chi connectivity index (χ3v) is 4.24. The minimum Gasteiger partial charge on any atom is -0.107 e. The predicted octanol–water partition coefficient (Wildman–Crippen LogP) is 1.63. The van der Waals surface area contributed by atoms with Crippen molar-refractivity contribution < 1.29 is 70.3 Å². The number of aromatic nitrogens is 6. The Kier molecular flexibility index (Phi) is 18.5. The topological polar surface area (TPSA) is 130 Å². The van der Waals surface area contributed by atoms with E-state index in [4.69, 9.17) is 0 Å². The fourth-order valence-electron chi connectivity index (χ4n) is 2.52. The number of halogens is 1. The van der Waals surface area contributed by atoms with Gasteiger partial charge in [-0.25, -0.2) is 0 Å². The molecular weight excluding hydrogens is 939 g/mol. The summed E-state index contributed by atoms with van der Waals surface area (Å²) in [5.41, 5.74) is 2.96. The van der Waals surface area contributed by atoms with Crippen molar-refractivity contribution >= 4 is 62.1 Å². The van der Waals surface area contributed by atoms with Crippen LogP contribution in [0.25, 0.3) is 0 Å². The van der Waals surface area contributed by atoms with Crippen molar-refractivity contribution in [3.05, 3.63) is 70.8 Å². The van der Waals surface area contributed by atoms with Gasteiger partial charge in [0.05, 0.1) is 0 Å². The number of aromatic amines is 1. The van der Waals surface area contributed by atoms with Gasteiger partial charge in [0.25, 0.3) is 0 Å². The molecule has 0 aliphatic rings. The van der Waals surface area contributed by atoms with Crippen molar-refractivity contribution in [3.8, 4) is 0 Å². The molecule has 0 aliphatic heterocycles. The molecule has 16 heteroatoms. The summed E-state index contributed by atoms with van der Waals surface area (Å²) in [7, 11) is 4.44. The van der Waals surface area contributed by atoms with Gasteiger partial charge in [-0.05, 0) is 0 Å². The van der Waals surface area contributed by atoms with Crippen LogP contribution in [-0.4, -0.2) is 55.8 Å². The average molecular weight is 959 g/mol. The second-order valence-corrected chi connectivity index (χ2v) is 6.43. The van der Waals surface area contributed by atoms with Crippen molar-refractivity contribution in [3.63, 3.8) is 0 Å². The van der Waals surface area contributed by atoms with Crippen molar-refractivity contribution in [1.82, 2.24) is 29.6 Å². The van der Waals surface area contributed by atoms with Gasteiger partial charge in [0, 0.05) is 60.7 Å². The van der Waals surface area contributed by atoms with Crippen molar-refractivity contribution in [1.29, 1.82) is 0 Å². The second-order valence-electron chi connectivity index (χ2n) is 6.43. The summed E-state index contributed by atoms with van der Waals surface area (Å²) >= 11 is 0. The largest absolute Gasteiger partial charge is 0.107 e. The molecule has 35 heavy (non-hydrogen) atoms. The number of carbonyl (C=O) groups excluding carboxylic acids is 2. The Morgan fingerprint density at radius 2 is 1.49 bits per heavy atom. The number of hydrogen-bond acceptors (Lipinski definition) is 6. The van der Waals surface area contributed by atoms with Gasteiger partial charge in [0.1, 0.15) is 0 Å². The smallest absolute Gasteiger partial charge is 0 e. The summed E-state index contributed by atoms with van der Waals surface area (Å²) in [5.74, 6) is 0.336. The van der Waals surface area contributed by atoms with Crippen LogP contribution in [0.2, 0.25) is 0 Å². The third-order valence-electron chi connectivity index (χ3n) is 4.24. The quantitative estimate of drug-likeness (QED) is 0.211. The van der Waals surface area contributed by atoms with E-state index in [1.54, 1.807) is 31.3 Å². The van der Waals surface area contributed by atoms with E-state index < -0.39 is 0 Å². The van der Waals surface area contributed by atoms with Crippen LogP contribution in [0.4, 0.5) is 11.9 Å². The van der Waals surface area contributed by atoms with E-state index in [2.05, 4.69) is 47.7 Å². The molecule has 0 saturated heterocycles. The fraction of sp³-hybridized carbons (Fsp3) is 0.158. The Morgan fingerprint density at radius 1 is 0.943 bits per heavy atom. The summed E-state index contributed by atoms with van der Waals surface area (Å²) in [6, 6.07) is 16.2. The van der Waals surface area contributed by atoms with E-state index in [0.717, 1.165) is 11.1 Å². The summed E-state index contributed by atoms with van der Waals surface area (Å²) in [6.07, 6.45) is 0. The van der Waals surface area contributed by atoms with E-state index in [1.807, 2.05) is 26.0 Å². The number of anilines is 2. The normalized spacial score (nSPS) is 8.66. The first-order valence-electron chi connectivity index (χ1n) is 9.21. The fourth-order valence-corrected chi connectivity index (χ4v) is 2.52. The number of amides is 2. The molecule has 0 spiro atoms. The molecule has 2 amide bonds. The first kappa shape index (κ1) is 35.9. The molecule has 4 aromatic rings. The summed E-state index contributed by atoms with van der Waals surface area (Å²) in [6.45, 7) is 3.74. The van der Waals surface area contributed by atoms with Gasteiger partial charge >= 0.3 is 180 Å². The number of H-pyrrole nitrogens is 1. The van der Waals surface area contributed by atoms with Gasteiger partial charge in [-0.2, -0.15) is 0 Å². The summed E-state index contributed by atoms with van der Waals surface area (Å²) in [4.78, 5) is 31.3. The maximum Gasteiger partial charge on any atom is 0 e. The maximum absolute atomic E-state index is 11.9. The van der Waals surface area contributed by atoms with Crippen LogP contribution in [0, 0.1) is 26.0 Å². The molecule has 1 radical (unpaired) electrons. The van der Waals surface area contributed by atoms with Crippen molar-refractivity contribution in [2.45, 2.75) is 13.8 Å². The number of benzene rings is 2. The second kappa shape index (κ2) is 18.1. The number of nitrogens with one attached hydrogen (secondary N) is 3. The molecule has 0 saturated carbocycles. The van der Waals surface area contributed by atoms with Gasteiger partial charge in [0.15, 0.2) is 0 Å². The minimum atomic E-state index is -0.221. The van der Waals surface area contributed by atoms with E-state index >= 15 is 0 Å². The van der Waals surface area contributed by atoms with E-state index in [9.17, 15) is 9.59 Å². The Bertz CT molecular complexity index is 1200. The molecule has 4 rings (SSSR count). The Hall–Kier alpha value is -1.26. The van der Waals surface area contributed by atoms with Crippen LogP contribution in [0.15, 0.2) is 36.4 Å². The number of carbonyl (C=O) groups is 2. The van der Waals surface area contributed by atoms with Gasteiger partial charge in [0.2, 0.25) is 0 Å². The first-order valence-corrected chi connectivity index (χ1v) is 9.21. The van der Waals surface area contributed by atoms with Gasteiger partial charge in [-0.15, -0.1) is 24.0 Å². The van der Waals surface area contributed by atoms with Crippen LogP contribution in [0.5, 0.6) is 0 Å². The minimum absolute atomic E-state index is 0. The standard InChI is InChI=1S/C10H10BN4O.C9H8BN4O.HI.V.2W/c1-7-5-3-4-6-8(7)9(16)12-10-13-11-14-15(10)2;1-6-4-2-3-5-7(6)8(15)11-9-12-10-14-13-9;;;;/h3,5-6H,1-2H3,(H,12,13,16);2,4-5H,1H3,(H2,11,12,13,15);1H;;;/q2*-1;;;;. The van der Waals surface area contributed by atoms with Crippen LogP contribution in [0.3, 0.4) is 0 Å². The molecule has 0 unspecified atom stereocenters. The van der Waals surface area contributed by atoms with Crippen molar-refractivity contribution in [2.24, 2.45) is 7.05 Å². The van der Waals surface area contributed by atoms with Crippen LogP contribution in [-0.2, 0) is 67.7 Å². The summed E-state index contributed by atoms with van der Waals surface area (Å²) in [5, 5.41) is 15.3. The zero-order valence-electron chi connectivity index (χ0n) is 18.8. The predicted molar refractivity (Wildman–Crippen MR) is 131 cm³/mol. The monoisotopic (exact) mass is 959 g/mol. The maximum atomic E-state index is 11.9. The SMILES string of the molecule is Cc1cc[c-]cc1C(=O)Nc1nbn[nH]1.Cc1cc[c-]cc1C(=O)Nc1nbnn1C.I.[V].[W].[W]. The van der Waals surface area contributed by atoms with Crippen LogP contribution >= 0.6 is 24.0 Å². The molecule has 2 aromatic heterocycles.